The lowest BCUT2D eigenvalue weighted by Crippen LogP contribution is -2.22. The van der Waals surface area contributed by atoms with Crippen LogP contribution in [0.25, 0.3) is 0 Å². The number of nitrogens with one attached hydrogen (secondary N) is 1. The molecule has 7 heteroatoms. The quantitative estimate of drug-likeness (QED) is 0.650. The molecule has 1 amide bonds. The molecule has 0 spiro atoms. The van der Waals surface area contributed by atoms with Crippen molar-refractivity contribution in [3.05, 3.63) is 47.8 Å². The summed E-state index contributed by atoms with van der Waals surface area (Å²) in [5, 5.41) is 13.8. The van der Waals surface area contributed by atoms with E-state index in [9.17, 15) is 14.7 Å². The number of rotatable bonds is 5. The summed E-state index contributed by atoms with van der Waals surface area (Å²) in [6.45, 7) is 1.85. The molecule has 0 bridgehead atoms. The molecule has 0 unspecified atom stereocenters. The van der Waals surface area contributed by atoms with Crippen LogP contribution < -0.4 is 10.4 Å². The molecule has 1 heterocycles. The second kappa shape index (κ2) is 6.85. The van der Waals surface area contributed by atoms with E-state index >= 15 is 0 Å². The highest BCUT2D eigenvalue weighted by atomic mass is 32.2. The van der Waals surface area contributed by atoms with Crippen molar-refractivity contribution in [1.82, 2.24) is 9.97 Å². The fourth-order valence-corrected chi connectivity index (χ4v) is 2.19. The van der Waals surface area contributed by atoms with Gasteiger partial charge in [0.25, 0.3) is 0 Å². The van der Waals surface area contributed by atoms with E-state index in [1.807, 2.05) is 6.92 Å². The third kappa shape index (κ3) is 4.57. The van der Waals surface area contributed by atoms with E-state index in [4.69, 9.17) is 0 Å². The molecule has 2 aromatic rings. The Morgan fingerprint density at radius 3 is 2.57 bits per heavy atom. The Labute approximate surface area is 125 Å². The predicted octanol–water partition coefficient (Wildman–Crippen LogP) is 0.879. The van der Waals surface area contributed by atoms with Gasteiger partial charge in [0.05, 0.1) is 11.7 Å². The maximum atomic E-state index is 11.8. The lowest BCUT2D eigenvalue weighted by atomic mass is 10.2. The third-order valence-corrected chi connectivity index (χ3v) is 3.37. The monoisotopic (exact) mass is 302 g/mol. The molecule has 0 aliphatic carbocycles. The molecule has 0 atom stereocenters. The van der Waals surface area contributed by atoms with Crippen LogP contribution in [0.3, 0.4) is 0 Å². The highest BCUT2D eigenvalue weighted by molar-refractivity contribution is 7.99. The first-order valence-corrected chi connectivity index (χ1v) is 7.07. The number of aryl methyl sites for hydroxylation is 1. The number of aromatic carboxylic acids is 1. The highest BCUT2D eigenvalue weighted by Gasteiger charge is 2.05. The van der Waals surface area contributed by atoms with Crippen molar-refractivity contribution >= 4 is 29.3 Å². The molecular weight excluding hydrogens is 290 g/mol. The summed E-state index contributed by atoms with van der Waals surface area (Å²) in [5.41, 5.74) is 1.43. The number of aromatic nitrogens is 2. The van der Waals surface area contributed by atoms with E-state index in [0.29, 0.717) is 10.8 Å². The molecule has 0 saturated carbocycles. The summed E-state index contributed by atoms with van der Waals surface area (Å²) in [6.07, 6.45) is 1.64. The van der Waals surface area contributed by atoms with Crippen molar-refractivity contribution in [3.8, 4) is 0 Å². The van der Waals surface area contributed by atoms with Gasteiger partial charge in [-0.1, -0.05) is 23.9 Å². The summed E-state index contributed by atoms with van der Waals surface area (Å²) >= 11 is 1.23. The smallest absolute Gasteiger partial charge is 0.234 e. The third-order valence-electron chi connectivity index (χ3n) is 2.51. The predicted molar refractivity (Wildman–Crippen MR) is 76.9 cm³/mol. The van der Waals surface area contributed by atoms with Crippen molar-refractivity contribution in [2.24, 2.45) is 0 Å². The number of thioether (sulfide) groups is 1. The van der Waals surface area contributed by atoms with Gasteiger partial charge in [-0.3, -0.25) is 4.79 Å². The van der Waals surface area contributed by atoms with Crippen LogP contribution in [0.5, 0.6) is 0 Å². The number of hydrogen-bond donors (Lipinski definition) is 1. The number of benzene rings is 1. The normalized spacial score (nSPS) is 10.1. The van der Waals surface area contributed by atoms with Gasteiger partial charge in [0.15, 0.2) is 5.16 Å². The number of nitrogens with zero attached hydrogens (tertiary/aromatic N) is 2. The molecule has 1 N–H and O–H groups in total. The lowest BCUT2D eigenvalue weighted by molar-refractivity contribution is -0.255. The first-order valence-electron chi connectivity index (χ1n) is 6.08. The molecule has 108 valence electrons. The Morgan fingerprint density at radius 1 is 1.24 bits per heavy atom. The van der Waals surface area contributed by atoms with Gasteiger partial charge in [0.1, 0.15) is 0 Å². The summed E-state index contributed by atoms with van der Waals surface area (Å²) in [4.78, 5) is 30.6. The fraction of sp³-hybridized carbons (Fsp3) is 0.143. The van der Waals surface area contributed by atoms with Gasteiger partial charge in [-0.15, -0.1) is 0 Å². The Morgan fingerprint density at radius 2 is 1.95 bits per heavy atom. The van der Waals surface area contributed by atoms with E-state index in [0.717, 1.165) is 5.69 Å². The molecule has 2 rings (SSSR count). The Balaban J connectivity index is 1.88. The minimum Gasteiger partial charge on any atom is -0.545 e. The number of amides is 1. The zero-order chi connectivity index (χ0) is 15.2. The number of carbonyl (C=O) groups excluding carboxylic acids is 2. The number of anilines is 1. The van der Waals surface area contributed by atoms with Crippen molar-refractivity contribution in [2.75, 3.05) is 11.1 Å². The van der Waals surface area contributed by atoms with E-state index < -0.39 is 5.97 Å². The number of carboxylic acid groups (broad SMARTS) is 1. The van der Waals surface area contributed by atoms with Crippen LogP contribution in [-0.4, -0.2) is 27.6 Å². The molecule has 0 fully saturated rings. The Bertz CT molecular complexity index is 659. The average molecular weight is 302 g/mol. The van der Waals surface area contributed by atoms with Crippen LogP contribution in [0.15, 0.2) is 41.7 Å². The van der Waals surface area contributed by atoms with Crippen LogP contribution in [0.1, 0.15) is 16.1 Å². The molecule has 21 heavy (non-hydrogen) atoms. The van der Waals surface area contributed by atoms with Crippen molar-refractivity contribution in [3.63, 3.8) is 0 Å². The second-order valence-corrected chi connectivity index (χ2v) is 5.12. The van der Waals surface area contributed by atoms with Crippen LogP contribution in [0.2, 0.25) is 0 Å². The second-order valence-electron chi connectivity index (χ2n) is 4.18. The standard InChI is InChI=1S/C14H13N3O3S/c1-9-6-7-15-14(16-9)21-8-12(18)17-11-4-2-10(3-5-11)13(19)20/h2-7H,8H2,1H3,(H,17,18)(H,19,20)/p-1. The lowest BCUT2D eigenvalue weighted by Gasteiger charge is -2.06. The van der Waals surface area contributed by atoms with Crippen LogP contribution in [0.4, 0.5) is 5.69 Å². The fourth-order valence-electron chi connectivity index (χ4n) is 1.51. The van der Waals surface area contributed by atoms with E-state index in [-0.39, 0.29) is 17.2 Å². The Hall–Kier alpha value is -2.41. The first kappa shape index (κ1) is 15.0. The van der Waals surface area contributed by atoms with Gasteiger partial charge in [0.2, 0.25) is 5.91 Å². The van der Waals surface area contributed by atoms with Crippen LogP contribution in [0, 0.1) is 6.92 Å². The number of carboxylic acids is 1. The maximum absolute atomic E-state index is 11.8. The zero-order valence-electron chi connectivity index (χ0n) is 11.2. The van der Waals surface area contributed by atoms with Gasteiger partial charge in [-0.2, -0.15) is 0 Å². The molecule has 0 radical (unpaired) electrons. The molecule has 0 saturated heterocycles. The average Bonchev–Trinajstić information content (AvgIpc) is 2.46. The minimum atomic E-state index is -1.25. The van der Waals surface area contributed by atoms with Crippen molar-refractivity contribution in [2.45, 2.75) is 12.1 Å². The van der Waals surface area contributed by atoms with Gasteiger partial charge in [-0.25, -0.2) is 9.97 Å². The van der Waals surface area contributed by atoms with Gasteiger partial charge in [0, 0.05) is 17.6 Å². The molecule has 1 aromatic carbocycles. The highest BCUT2D eigenvalue weighted by Crippen LogP contribution is 2.14. The molecule has 0 aliphatic rings. The van der Waals surface area contributed by atoms with E-state index in [1.54, 1.807) is 12.3 Å². The number of carbonyl (C=O) groups is 2. The molecule has 0 aliphatic heterocycles. The largest absolute Gasteiger partial charge is 0.545 e. The zero-order valence-corrected chi connectivity index (χ0v) is 12.0. The Kier molecular flexibility index (Phi) is 4.89. The maximum Gasteiger partial charge on any atom is 0.234 e. The van der Waals surface area contributed by atoms with E-state index in [2.05, 4.69) is 15.3 Å². The SMILES string of the molecule is Cc1ccnc(SCC(=O)Nc2ccc(C(=O)[O-])cc2)n1. The molecule has 1 aromatic heterocycles. The number of hydrogen-bond acceptors (Lipinski definition) is 6. The first-order chi connectivity index (χ1) is 10.0. The summed E-state index contributed by atoms with van der Waals surface area (Å²) in [7, 11) is 0. The van der Waals surface area contributed by atoms with Crippen molar-refractivity contribution in [1.29, 1.82) is 0 Å². The van der Waals surface area contributed by atoms with E-state index in [1.165, 1.54) is 36.0 Å². The summed E-state index contributed by atoms with van der Waals surface area (Å²) < 4.78 is 0. The van der Waals surface area contributed by atoms with Crippen LogP contribution in [-0.2, 0) is 4.79 Å². The van der Waals surface area contributed by atoms with Crippen molar-refractivity contribution < 1.29 is 14.7 Å². The molecular formula is C14H12N3O3S-. The van der Waals surface area contributed by atoms with Gasteiger partial charge >= 0.3 is 0 Å². The van der Waals surface area contributed by atoms with Crippen LogP contribution >= 0.6 is 11.8 Å². The molecule has 6 nitrogen and oxygen atoms in total. The summed E-state index contributed by atoms with van der Waals surface area (Å²) in [5.74, 6) is -1.29. The van der Waals surface area contributed by atoms with Gasteiger partial charge < -0.3 is 15.2 Å². The topological polar surface area (TPSA) is 95.0 Å². The minimum absolute atomic E-state index is 0.0653. The summed E-state index contributed by atoms with van der Waals surface area (Å²) in [6, 6.07) is 7.56. The van der Waals surface area contributed by atoms with Gasteiger partial charge in [-0.05, 0) is 30.7 Å².